The van der Waals surface area contributed by atoms with Crippen LogP contribution in [0.2, 0.25) is 0 Å². The molecule has 0 radical (unpaired) electrons. The zero-order chi connectivity index (χ0) is 13.7. The maximum absolute atomic E-state index is 5.28. The van der Waals surface area contributed by atoms with Gasteiger partial charge in [0, 0.05) is 30.3 Å². The van der Waals surface area contributed by atoms with Crippen molar-refractivity contribution < 1.29 is 4.74 Å². The van der Waals surface area contributed by atoms with E-state index in [1.807, 2.05) is 18.8 Å². The molecule has 2 rings (SSSR count). The Balaban J connectivity index is 1.75. The maximum Gasteiger partial charge on any atom is 0.191 e. The molecule has 1 heterocycles. The van der Waals surface area contributed by atoms with E-state index in [2.05, 4.69) is 28.8 Å². The van der Waals surface area contributed by atoms with E-state index in [0.717, 1.165) is 31.0 Å². The second-order valence-electron chi connectivity index (χ2n) is 6.09. The standard InChI is InChI=1S/C14H27N3OS/c1-14(9-18-10-14)8-16-13(15-2)17-11-5-4-6-12(7-11)19-3/h11-12H,4-10H2,1-3H3,(H2,15,16,17). The molecule has 110 valence electrons. The number of nitrogens with one attached hydrogen (secondary N) is 2. The monoisotopic (exact) mass is 285 g/mol. The minimum atomic E-state index is 0.284. The Morgan fingerprint density at radius 1 is 1.42 bits per heavy atom. The summed E-state index contributed by atoms with van der Waals surface area (Å²) in [7, 11) is 1.85. The van der Waals surface area contributed by atoms with Crippen LogP contribution in [0.5, 0.6) is 0 Å². The van der Waals surface area contributed by atoms with Crippen LogP contribution in [0.4, 0.5) is 0 Å². The SMILES string of the molecule is CN=C(NCC1(C)COC1)NC1CCCC(SC)C1. The average Bonchev–Trinajstić information content (AvgIpc) is 2.41. The van der Waals surface area contributed by atoms with Gasteiger partial charge in [-0.05, 0) is 25.5 Å². The molecule has 0 aromatic rings. The normalized spacial score (nSPS) is 30.6. The Bertz CT molecular complexity index is 318. The predicted molar refractivity (Wildman–Crippen MR) is 83.0 cm³/mol. The van der Waals surface area contributed by atoms with E-state index in [9.17, 15) is 0 Å². The number of hydrogen-bond acceptors (Lipinski definition) is 3. The van der Waals surface area contributed by atoms with Crippen LogP contribution < -0.4 is 10.6 Å². The van der Waals surface area contributed by atoms with E-state index in [1.165, 1.54) is 25.7 Å². The van der Waals surface area contributed by atoms with Crippen LogP contribution in [0.3, 0.4) is 0 Å². The molecule has 2 unspecified atom stereocenters. The highest BCUT2D eigenvalue weighted by Gasteiger charge is 2.33. The number of nitrogens with zero attached hydrogens (tertiary/aromatic N) is 1. The van der Waals surface area contributed by atoms with Crippen LogP contribution >= 0.6 is 11.8 Å². The minimum Gasteiger partial charge on any atom is -0.380 e. The summed E-state index contributed by atoms with van der Waals surface area (Å²) >= 11 is 2.00. The molecule has 1 aliphatic carbocycles. The average molecular weight is 285 g/mol. The molecular formula is C14H27N3OS. The van der Waals surface area contributed by atoms with E-state index in [1.54, 1.807) is 0 Å². The first-order valence-electron chi connectivity index (χ1n) is 7.23. The first kappa shape index (κ1) is 15.0. The van der Waals surface area contributed by atoms with Gasteiger partial charge >= 0.3 is 0 Å². The quantitative estimate of drug-likeness (QED) is 0.611. The molecule has 0 amide bonds. The van der Waals surface area contributed by atoms with Crippen molar-refractivity contribution in [1.82, 2.24) is 10.6 Å². The highest BCUT2D eigenvalue weighted by Crippen LogP contribution is 2.27. The van der Waals surface area contributed by atoms with Gasteiger partial charge in [-0.1, -0.05) is 13.3 Å². The maximum atomic E-state index is 5.28. The summed E-state index contributed by atoms with van der Waals surface area (Å²) in [5.41, 5.74) is 0.284. The highest BCUT2D eigenvalue weighted by molar-refractivity contribution is 7.99. The summed E-state index contributed by atoms with van der Waals surface area (Å²) in [5.74, 6) is 0.944. The lowest BCUT2D eigenvalue weighted by atomic mass is 9.89. The van der Waals surface area contributed by atoms with Gasteiger partial charge in [0.05, 0.1) is 13.2 Å². The molecule has 1 saturated carbocycles. The van der Waals surface area contributed by atoms with Gasteiger partial charge in [0.2, 0.25) is 0 Å². The molecule has 0 aromatic heterocycles. The van der Waals surface area contributed by atoms with Crippen LogP contribution in [0.15, 0.2) is 4.99 Å². The number of rotatable bonds is 4. The van der Waals surface area contributed by atoms with Crippen LogP contribution in [-0.4, -0.2) is 50.3 Å². The van der Waals surface area contributed by atoms with Crippen molar-refractivity contribution >= 4 is 17.7 Å². The number of thioether (sulfide) groups is 1. The van der Waals surface area contributed by atoms with Crippen molar-refractivity contribution in [2.45, 2.75) is 43.9 Å². The lowest BCUT2D eigenvalue weighted by Gasteiger charge is -2.38. The Morgan fingerprint density at radius 2 is 2.21 bits per heavy atom. The Labute approximate surface area is 121 Å². The smallest absolute Gasteiger partial charge is 0.191 e. The zero-order valence-electron chi connectivity index (χ0n) is 12.4. The van der Waals surface area contributed by atoms with Crippen LogP contribution in [-0.2, 0) is 4.74 Å². The third-order valence-electron chi connectivity index (χ3n) is 4.11. The Kier molecular flexibility index (Phi) is 5.39. The molecule has 2 fully saturated rings. The molecule has 1 aliphatic heterocycles. The van der Waals surface area contributed by atoms with Gasteiger partial charge in [-0.15, -0.1) is 0 Å². The molecular weight excluding hydrogens is 258 g/mol. The van der Waals surface area contributed by atoms with Gasteiger partial charge in [0.1, 0.15) is 0 Å². The first-order valence-corrected chi connectivity index (χ1v) is 8.52. The van der Waals surface area contributed by atoms with Crippen molar-refractivity contribution in [2.75, 3.05) is 33.1 Å². The third-order valence-corrected chi connectivity index (χ3v) is 5.20. The molecule has 0 spiro atoms. The van der Waals surface area contributed by atoms with E-state index in [4.69, 9.17) is 4.74 Å². The molecule has 5 heteroatoms. The van der Waals surface area contributed by atoms with Gasteiger partial charge in [0.25, 0.3) is 0 Å². The van der Waals surface area contributed by atoms with Crippen LogP contribution in [0.1, 0.15) is 32.6 Å². The summed E-state index contributed by atoms with van der Waals surface area (Å²) in [6.07, 6.45) is 7.42. The summed E-state index contributed by atoms with van der Waals surface area (Å²) in [5, 5.41) is 7.83. The van der Waals surface area contributed by atoms with E-state index in [-0.39, 0.29) is 5.41 Å². The van der Waals surface area contributed by atoms with E-state index in [0.29, 0.717) is 6.04 Å². The van der Waals surface area contributed by atoms with Gasteiger partial charge in [-0.2, -0.15) is 11.8 Å². The topological polar surface area (TPSA) is 45.7 Å². The zero-order valence-corrected chi connectivity index (χ0v) is 13.2. The fourth-order valence-electron chi connectivity index (χ4n) is 2.73. The number of ether oxygens (including phenoxy) is 1. The first-order chi connectivity index (χ1) is 9.15. The predicted octanol–water partition coefficient (Wildman–Crippen LogP) is 1.86. The largest absolute Gasteiger partial charge is 0.380 e. The van der Waals surface area contributed by atoms with Crippen molar-refractivity contribution in [2.24, 2.45) is 10.4 Å². The molecule has 0 aromatic carbocycles. The lowest BCUT2D eigenvalue weighted by Crippen LogP contribution is -2.53. The van der Waals surface area contributed by atoms with Crippen molar-refractivity contribution in [3.8, 4) is 0 Å². The Hall–Kier alpha value is -0.420. The summed E-state index contributed by atoms with van der Waals surface area (Å²) in [6.45, 7) is 4.90. The molecule has 19 heavy (non-hydrogen) atoms. The van der Waals surface area contributed by atoms with Gasteiger partial charge < -0.3 is 15.4 Å². The fourth-order valence-corrected chi connectivity index (χ4v) is 3.55. The van der Waals surface area contributed by atoms with Gasteiger partial charge in [-0.25, -0.2) is 0 Å². The van der Waals surface area contributed by atoms with Crippen molar-refractivity contribution in [3.63, 3.8) is 0 Å². The second-order valence-corrected chi connectivity index (χ2v) is 7.23. The number of aliphatic imine (C=N–C) groups is 1. The highest BCUT2D eigenvalue weighted by atomic mass is 32.2. The van der Waals surface area contributed by atoms with E-state index >= 15 is 0 Å². The molecule has 2 aliphatic rings. The third kappa shape index (κ3) is 4.28. The summed E-state index contributed by atoms with van der Waals surface area (Å²) in [6, 6.07) is 0.572. The summed E-state index contributed by atoms with van der Waals surface area (Å²) < 4.78 is 5.28. The molecule has 4 nitrogen and oxygen atoms in total. The fraction of sp³-hybridized carbons (Fsp3) is 0.929. The number of guanidine groups is 1. The lowest BCUT2D eigenvalue weighted by molar-refractivity contribution is -0.0971. The molecule has 0 bridgehead atoms. The Morgan fingerprint density at radius 3 is 2.79 bits per heavy atom. The molecule has 2 N–H and O–H groups in total. The van der Waals surface area contributed by atoms with Gasteiger partial charge in [0.15, 0.2) is 5.96 Å². The molecule has 2 atom stereocenters. The van der Waals surface area contributed by atoms with Crippen LogP contribution in [0.25, 0.3) is 0 Å². The molecule has 1 saturated heterocycles. The van der Waals surface area contributed by atoms with Gasteiger partial charge in [-0.3, -0.25) is 4.99 Å². The van der Waals surface area contributed by atoms with E-state index < -0.39 is 0 Å². The van der Waals surface area contributed by atoms with Crippen molar-refractivity contribution in [3.05, 3.63) is 0 Å². The minimum absolute atomic E-state index is 0.284. The summed E-state index contributed by atoms with van der Waals surface area (Å²) in [4.78, 5) is 4.34. The number of hydrogen-bond donors (Lipinski definition) is 2. The van der Waals surface area contributed by atoms with Crippen LogP contribution in [0, 0.1) is 5.41 Å². The second kappa shape index (κ2) is 6.84. The van der Waals surface area contributed by atoms with Crippen molar-refractivity contribution in [1.29, 1.82) is 0 Å².